The molecule has 3 rings (SSSR count). The zero-order chi connectivity index (χ0) is 17.1. The van der Waals surface area contributed by atoms with Crippen molar-refractivity contribution in [2.24, 2.45) is 0 Å². The quantitative estimate of drug-likeness (QED) is 0.796. The Hall–Kier alpha value is -2.75. The highest BCUT2D eigenvalue weighted by Gasteiger charge is 2.11. The zero-order valence-electron chi connectivity index (χ0n) is 14.2. The Morgan fingerprint density at radius 2 is 1.67 bits per heavy atom. The summed E-state index contributed by atoms with van der Waals surface area (Å²) < 4.78 is 0. The first-order valence-corrected chi connectivity index (χ1v) is 8.13. The van der Waals surface area contributed by atoms with Crippen LogP contribution in [0.5, 0.6) is 0 Å². The molecule has 0 radical (unpaired) electrons. The molecule has 4 nitrogen and oxygen atoms in total. The van der Waals surface area contributed by atoms with Crippen LogP contribution in [0.3, 0.4) is 0 Å². The van der Waals surface area contributed by atoms with Crippen LogP contribution in [-0.2, 0) is 0 Å². The summed E-state index contributed by atoms with van der Waals surface area (Å²) in [6, 6.07) is 15.6. The number of nitrogens with zero attached hydrogens (tertiary/aromatic N) is 2. The van der Waals surface area contributed by atoms with Crippen LogP contribution in [0, 0.1) is 13.8 Å². The van der Waals surface area contributed by atoms with Crippen molar-refractivity contribution in [1.29, 1.82) is 0 Å². The minimum Gasteiger partial charge on any atom is -0.351 e. The summed E-state index contributed by atoms with van der Waals surface area (Å²) in [7, 11) is 0. The molecule has 122 valence electrons. The Labute approximate surface area is 142 Å². The van der Waals surface area contributed by atoms with E-state index in [-0.39, 0.29) is 11.8 Å². The van der Waals surface area contributed by atoms with Gasteiger partial charge in [-0.15, -0.1) is 0 Å². The van der Waals surface area contributed by atoms with Crippen molar-refractivity contribution in [3.63, 3.8) is 0 Å². The number of carbonyl (C=O) groups excluding carboxylic acids is 1. The van der Waals surface area contributed by atoms with Gasteiger partial charge in [-0.05, 0) is 43.5 Å². The van der Waals surface area contributed by atoms with E-state index in [1.54, 1.807) is 12.1 Å². The van der Waals surface area contributed by atoms with Crippen molar-refractivity contribution >= 4 is 16.9 Å². The number of aryl methyl sites for hydroxylation is 2. The number of aromatic nitrogens is 2. The molecule has 3 aromatic rings. The van der Waals surface area contributed by atoms with Crippen molar-refractivity contribution in [1.82, 2.24) is 15.3 Å². The lowest BCUT2D eigenvalue weighted by molar-refractivity contribution is 0.0952. The second-order valence-corrected chi connectivity index (χ2v) is 6.12. The number of amides is 1. The Kier molecular flexibility index (Phi) is 4.56. The van der Waals surface area contributed by atoms with Crippen LogP contribution >= 0.6 is 0 Å². The highest BCUT2D eigenvalue weighted by molar-refractivity contribution is 5.97. The van der Waals surface area contributed by atoms with Crippen LogP contribution < -0.4 is 5.32 Å². The summed E-state index contributed by atoms with van der Waals surface area (Å²) in [5, 5.41) is 3.00. The predicted octanol–water partition coefficient (Wildman–Crippen LogP) is 3.78. The molecule has 4 heteroatoms. The van der Waals surface area contributed by atoms with Gasteiger partial charge in [-0.2, -0.15) is 0 Å². The van der Waals surface area contributed by atoms with E-state index in [4.69, 9.17) is 0 Å². The number of hydrogen-bond donors (Lipinski definition) is 1. The molecule has 0 aliphatic rings. The van der Waals surface area contributed by atoms with Crippen molar-refractivity contribution in [2.45, 2.75) is 26.7 Å². The van der Waals surface area contributed by atoms with Crippen molar-refractivity contribution in [3.8, 4) is 0 Å². The van der Waals surface area contributed by atoms with Crippen LogP contribution in [-0.4, -0.2) is 22.4 Å². The molecule has 0 bridgehead atoms. The Balaban J connectivity index is 1.73. The van der Waals surface area contributed by atoms with E-state index in [1.807, 2.05) is 38.1 Å². The molecule has 0 aliphatic carbocycles. The number of benzene rings is 2. The molecular formula is C20H21N3O. The van der Waals surface area contributed by atoms with E-state index in [0.717, 1.165) is 22.4 Å². The fourth-order valence-corrected chi connectivity index (χ4v) is 2.62. The molecule has 0 spiro atoms. The Morgan fingerprint density at radius 1 is 1.00 bits per heavy atom. The van der Waals surface area contributed by atoms with Gasteiger partial charge in [-0.3, -0.25) is 4.79 Å². The van der Waals surface area contributed by atoms with Crippen LogP contribution in [0.25, 0.3) is 11.0 Å². The maximum atomic E-state index is 12.4. The first-order chi connectivity index (χ1) is 11.5. The van der Waals surface area contributed by atoms with E-state index < -0.39 is 0 Å². The smallest absolute Gasteiger partial charge is 0.251 e. The summed E-state index contributed by atoms with van der Waals surface area (Å²) in [5.41, 5.74) is 5.19. The van der Waals surface area contributed by atoms with Gasteiger partial charge in [0.15, 0.2) is 0 Å². The van der Waals surface area contributed by atoms with Crippen molar-refractivity contribution in [3.05, 3.63) is 71.0 Å². The highest BCUT2D eigenvalue weighted by atomic mass is 16.1. The molecular weight excluding hydrogens is 298 g/mol. The standard InChI is InChI=1S/C20H21N3O/c1-13(16-7-5-4-6-8-16)12-21-20(24)17-9-10-18-19(11-17)23-15(3)14(2)22-18/h4-11,13H,12H2,1-3H3,(H,21,24)/t13-/m1/s1. The summed E-state index contributed by atoms with van der Waals surface area (Å²) in [4.78, 5) is 21.4. The van der Waals surface area contributed by atoms with E-state index in [2.05, 4.69) is 34.3 Å². The normalized spacial score (nSPS) is 12.1. The average molecular weight is 319 g/mol. The highest BCUT2D eigenvalue weighted by Crippen LogP contribution is 2.16. The SMILES string of the molecule is Cc1nc2ccc(C(=O)NC[C@@H](C)c3ccccc3)cc2nc1C. The molecule has 1 aromatic heterocycles. The lowest BCUT2D eigenvalue weighted by Gasteiger charge is -2.13. The predicted molar refractivity (Wildman–Crippen MR) is 96.2 cm³/mol. The monoisotopic (exact) mass is 319 g/mol. The molecule has 1 amide bonds. The van der Waals surface area contributed by atoms with Gasteiger partial charge in [0.25, 0.3) is 5.91 Å². The number of fused-ring (bicyclic) bond motifs is 1. The van der Waals surface area contributed by atoms with E-state index >= 15 is 0 Å². The minimum atomic E-state index is -0.0836. The molecule has 1 atom stereocenters. The summed E-state index contributed by atoms with van der Waals surface area (Å²) >= 11 is 0. The van der Waals surface area contributed by atoms with Gasteiger partial charge >= 0.3 is 0 Å². The summed E-state index contributed by atoms with van der Waals surface area (Å²) in [5.74, 6) is 0.181. The average Bonchev–Trinajstić information content (AvgIpc) is 2.60. The van der Waals surface area contributed by atoms with Gasteiger partial charge in [0.1, 0.15) is 0 Å². The molecule has 24 heavy (non-hydrogen) atoms. The van der Waals surface area contributed by atoms with Gasteiger partial charge in [0.2, 0.25) is 0 Å². The number of rotatable bonds is 4. The third kappa shape index (κ3) is 3.43. The summed E-state index contributed by atoms with van der Waals surface area (Å²) in [6.07, 6.45) is 0. The number of carbonyl (C=O) groups is 1. The minimum absolute atomic E-state index is 0.0836. The third-order valence-corrected chi connectivity index (χ3v) is 4.27. The fraction of sp³-hybridized carbons (Fsp3) is 0.250. The van der Waals surface area contributed by atoms with Crippen molar-refractivity contribution in [2.75, 3.05) is 6.54 Å². The zero-order valence-corrected chi connectivity index (χ0v) is 14.2. The lowest BCUT2D eigenvalue weighted by atomic mass is 10.0. The molecule has 0 unspecified atom stereocenters. The van der Waals surface area contributed by atoms with E-state index in [0.29, 0.717) is 12.1 Å². The fourth-order valence-electron chi connectivity index (χ4n) is 2.62. The van der Waals surface area contributed by atoms with E-state index in [1.165, 1.54) is 5.56 Å². The number of hydrogen-bond acceptors (Lipinski definition) is 3. The van der Waals surface area contributed by atoms with Crippen LogP contribution in [0.4, 0.5) is 0 Å². The first-order valence-electron chi connectivity index (χ1n) is 8.13. The molecule has 0 fully saturated rings. The topological polar surface area (TPSA) is 54.9 Å². The molecule has 0 saturated heterocycles. The molecule has 1 heterocycles. The Morgan fingerprint density at radius 3 is 2.38 bits per heavy atom. The lowest BCUT2D eigenvalue weighted by Crippen LogP contribution is -2.27. The van der Waals surface area contributed by atoms with Gasteiger partial charge in [0, 0.05) is 12.1 Å². The van der Waals surface area contributed by atoms with Crippen LogP contribution in [0.2, 0.25) is 0 Å². The first kappa shape index (κ1) is 16.1. The van der Waals surface area contributed by atoms with Crippen LogP contribution in [0.1, 0.15) is 40.2 Å². The van der Waals surface area contributed by atoms with Crippen molar-refractivity contribution < 1.29 is 4.79 Å². The van der Waals surface area contributed by atoms with Gasteiger partial charge in [-0.25, -0.2) is 9.97 Å². The molecule has 1 N–H and O–H groups in total. The Bertz CT molecular complexity index is 875. The maximum absolute atomic E-state index is 12.4. The maximum Gasteiger partial charge on any atom is 0.251 e. The number of nitrogens with one attached hydrogen (secondary N) is 1. The van der Waals surface area contributed by atoms with Crippen LogP contribution in [0.15, 0.2) is 48.5 Å². The second-order valence-electron chi connectivity index (χ2n) is 6.12. The third-order valence-electron chi connectivity index (χ3n) is 4.27. The largest absolute Gasteiger partial charge is 0.351 e. The summed E-state index contributed by atoms with van der Waals surface area (Å²) in [6.45, 7) is 6.57. The van der Waals surface area contributed by atoms with Gasteiger partial charge in [-0.1, -0.05) is 37.3 Å². The molecule has 2 aromatic carbocycles. The van der Waals surface area contributed by atoms with Gasteiger partial charge in [0.05, 0.1) is 22.4 Å². The molecule has 0 aliphatic heterocycles. The van der Waals surface area contributed by atoms with Gasteiger partial charge < -0.3 is 5.32 Å². The van der Waals surface area contributed by atoms with E-state index in [9.17, 15) is 4.79 Å². The second kappa shape index (κ2) is 6.79. The molecule has 0 saturated carbocycles.